The molecule has 5 nitrogen and oxygen atoms in total. The van der Waals surface area contributed by atoms with E-state index in [0.717, 1.165) is 5.56 Å². The second-order valence-corrected chi connectivity index (χ2v) is 5.16. The fourth-order valence-corrected chi connectivity index (χ4v) is 2.28. The molecule has 0 saturated heterocycles. The fraction of sp³-hybridized carbons (Fsp3) is 0.222. The zero-order valence-electron chi connectivity index (χ0n) is 12.8. The molecule has 0 heterocycles. The predicted octanol–water partition coefficient (Wildman–Crippen LogP) is 2.26. The van der Waals surface area contributed by atoms with Crippen LogP contribution in [0.5, 0.6) is 17.2 Å². The van der Waals surface area contributed by atoms with Crippen molar-refractivity contribution in [1.82, 2.24) is 0 Å². The van der Waals surface area contributed by atoms with Gasteiger partial charge in [-0.1, -0.05) is 30.4 Å². The molecular formula is C18H20O5. The molecule has 0 spiro atoms. The number of hydrogen-bond donors (Lipinski definition) is 4. The summed E-state index contributed by atoms with van der Waals surface area (Å²) in [6.45, 7) is -0.395. The zero-order chi connectivity index (χ0) is 16.8. The molecule has 0 aromatic heterocycles. The summed E-state index contributed by atoms with van der Waals surface area (Å²) in [6, 6.07) is 11.4. The summed E-state index contributed by atoms with van der Waals surface area (Å²) in [6.07, 6.45) is 2.57. The van der Waals surface area contributed by atoms with Crippen LogP contribution in [0.15, 0.2) is 48.5 Å². The number of aliphatic hydroxyl groups excluding tert-OH is 2. The Morgan fingerprint density at radius 1 is 1.09 bits per heavy atom. The van der Waals surface area contributed by atoms with Crippen LogP contribution >= 0.6 is 0 Å². The van der Waals surface area contributed by atoms with Crippen LogP contribution in [0, 0.1) is 0 Å². The van der Waals surface area contributed by atoms with E-state index in [1.807, 2.05) is 0 Å². The van der Waals surface area contributed by atoms with Crippen LogP contribution < -0.4 is 4.74 Å². The average molecular weight is 316 g/mol. The molecule has 23 heavy (non-hydrogen) atoms. The lowest BCUT2D eigenvalue weighted by molar-refractivity contribution is 0.0842. The van der Waals surface area contributed by atoms with E-state index in [1.54, 1.807) is 48.6 Å². The molecule has 2 rings (SSSR count). The van der Waals surface area contributed by atoms with Gasteiger partial charge in [0.25, 0.3) is 0 Å². The molecule has 0 amide bonds. The molecule has 0 fully saturated rings. The van der Waals surface area contributed by atoms with Gasteiger partial charge in [0.15, 0.2) is 11.5 Å². The van der Waals surface area contributed by atoms with Crippen molar-refractivity contribution in [2.75, 3.05) is 13.7 Å². The van der Waals surface area contributed by atoms with Gasteiger partial charge in [0, 0.05) is 5.92 Å². The number of ether oxygens (including phenoxy) is 1. The van der Waals surface area contributed by atoms with Crippen LogP contribution in [-0.4, -0.2) is 40.2 Å². The second-order valence-electron chi connectivity index (χ2n) is 5.16. The van der Waals surface area contributed by atoms with E-state index in [9.17, 15) is 20.4 Å². The summed E-state index contributed by atoms with van der Waals surface area (Å²) in [5, 5.41) is 38.3. The number of aromatic hydroxyl groups is 2. The lowest BCUT2D eigenvalue weighted by atomic mass is 9.92. The number of aliphatic hydroxyl groups is 2. The molecule has 0 aliphatic rings. The third-order valence-corrected chi connectivity index (χ3v) is 3.58. The molecule has 5 heteroatoms. The Morgan fingerprint density at radius 3 is 2.39 bits per heavy atom. The van der Waals surface area contributed by atoms with Crippen LogP contribution in [0.3, 0.4) is 0 Å². The molecule has 0 aliphatic carbocycles. The molecule has 122 valence electrons. The number of phenolic OH excluding ortho intramolecular Hbond substituents is 2. The van der Waals surface area contributed by atoms with Gasteiger partial charge in [-0.2, -0.15) is 0 Å². The van der Waals surface area contributed by atoms with E-state index in [2.05, 4.69) is 0 Å². The maximum Gasteiger partial charge on any atom is 0.160 e. The Labute approximate surface area is 134 Å². The van der Waals surface area contributed by atoms with Crippen molar-refractivity contribution in [1.29, 1.82) is 0 Å². The maximum atomic E-state index is 10.1. The fourth-order valence-electron chi connectivity index (χ4n) is 2.28. The van der Waals surface area contributed by atoms with E-state index < -0.39 is 18.6 Å². The first-order valence-corrected chi connectivity index (χ1v) is 7.18. The highest BCUT2D eigenvalue weighted by Gasteiger charge is 2.19. The van der Waals surface area contributed by atoms with Crippen molar-refractivity contribution in [3.8, 4) is 17.2 Å². The Morgan fingerprint density at radius 2 is 1.78 bits per heavy atom. The molecule has 0 saturated carbocycles. The number of methoxy groups -OCH3 is 1. The van der Waals surface area contributed by atoms with Crippen molar-refractivity contribution in [2.45, 2.75) is 12.0 Å². The number of phenols is 2. The summed E-state index contributed by atoms with van der Waals surface area (Å²) in [5.41, 5.74) is 1.56. The van der Waals surface area contributed by atoms with Crippen LogP contribution in [0.2, 0.25) is 0 Å². The van der Waals surface area contributed by atoms with Gasteiger partial charge in [-0.25, -0.2) is 0 Å². The first-order valence-electron chi connectivity index (χ1n) is 7.18. The van der Waals surface area contributed by atoms with Gasteiger partial charge < -0.3 is 25.2 Å². The van der Waals surface area contributed by atoms with E-state index in [0.29, 0.717) is 11.3 Å². The van der Waals surface area contributed by atoms with Crippen molar-refractivity contribution in [2.24, 2.45) is 0 Å². The quantitative estimate of drug-likeness (QED) is 0.656. The second kappa shape index (κ2) is 7.67. The third-order valence-electron chi connectivity index (χ3n) is 3.58. The van der Waals surface area contributed by atoms with Crippen LogP contribution in [0.1, 0.15) is 17.0 Å². The number of hydrogen-bond acceptors (Lipinski definition) is 5. The van der Waals surface area contributed by atoms with E-state index in [-0.39, 0.29) is 11.5 Å². The van der Waals surface area contributed by atoms with Crippen LogP contribution in [-0.2, 0) is 0 Å². The summed E-state index contributed by atoms with van der Waals surface area (Å²) in [7, 11) is 1.45. The minimum Gasteiger partial charge on any atom is -0.508 e. The molecule has 2 aromatic carbocycles. The molecule has 0 aliphatic heterocycles. The zero-order valence-corrected chi connectivity index (χ0v) is 12.8. The molecule has 2 atom stereocenters. The highest BCUT2D eigenvalue weighted by Crippen LogP contribution is 2.32. The highest BCUT2D eigenvalue weighted by atomic mass is 16.5. The Kier molecular flexibility index (Phi) is 5.62. The summed E-state index contributed by atoms with van der Waals surface area (Å²) in [4.78, 5) is 0. The standard InChI is InChI=1S/C18H20O5/c1-23-18-10-13(5-9-16(18)21)15(17(22)11-19)8-4-12-2-6-14(20)7-3-12/h2-10,15,17,19-22H,11H2,1H3/b8-4+/t15-,17+/m0/s1. The molecule has 0 unspecified atom stereocenters. The van der Waals surface area contributed by atoms with Crippen molar-refractivity contribution in [3.63, 3.8) is 0 Å². The van der Waals surface area contributed by atoms with Crippen molar-refractivity contribution in [3.05, 3.63) is 59.7 Å². The minimum absolute atomic E-state index is 0.0102. The van der Waals surface area contributed by atoms with Gasteiger partial charge in [-0.3, -0.25) is 0 Å². The van der Waals surface area contributed by atoms with Crippen molar-refractivity contribution >= 4 is 6.08 Å². The van der Waals surface area contributed by atoms with E-state index in [4.69, 9.17) is 4.74 Å². The lowest BCUT2D eigenvalue weighted by Gasteiger charge is -2.19. The van der Waals surface area contributed by atoms with Gasteiger partial charge in [-0.05, 0) is 35.4 Å². The first kappa shape index (κ1) is 16.9. The average Bonchev–Trinajstić information content (AvgIpc) is 2.57. The van der Waals surface area contributed by atoms with Crippen LogP contribution in [0.25, 0.3) is 6.08 Å². The van der Waals surface area contributed by atoms with Gasteiger partial charge >= 0.3 is 0 Å². The van der Waals surface area contributed by atoms with Gasteiger partial charge in [-0.15, -0.1) is 0 Å². The SMILES string of the molecule is COc1cc([C@H](/C=C/c2ccc(O)cc2)[C@H](O)CO)ccc1O. The largest absolute Gasteiger partial charge is 0.508 e. The Bertz CT molecular complexity index is 664. The molecule has 0 bridgehead atoms. The Hall–Kier alpha value is -2.50. The summed E-state index contributed by atoms with van der Waals surface area (Å²) >= 11 is 0. The smallest absolute Gasteiger partial charge is 0.160 e. The van der Waals surface area contributed by atoms with E-state index >= 15 is 0 Å². The van der Waals surface area contributed by atoms with Gasteiger partial charge in [0.1, 0.15) is 5.75 Å². The molecule has 2 aromatic rings. The minimum atomic E-state index is -0.988. The van der Waals surface area contributed by atoms with Gasteiger partial charge in [0.05, 0.1) is 19.8 Å². The monoisotopic (exact) mass is 316 g/mol. The Balaban J connectivity index is 2.31. The normalized spacial score (nSPS) is 13.9. The third kappa shape index (κ3) is 4.25. The molecule has 0 radical (unpaired) electrons. The summed E-state index contributed by atoms with van der Waals surface area (Å²) in [5.74, 6) is 0.0207. The number of benzene rings is 2. The van der Waals surface area contributed by atoms with Gasteiger partial charge in [0.2, 0.25) is 0 Å². The number of rotatable bonds is 6. The topological polar surface area (TPSA) is 90.2 Å². The molecular weight excluding hydrogens is 296 g/mol. The maximum absolute atomic E-state index is 10.1. The highest BCUT2D eigenvalue weighted by molar-refractivity contribution is 5.53. The first-order chi connectivity index (χ1) is 11.0. The predicted molar refractivity (Wildman–Crippen MR) is 87.6 cm³/mol. The van der Waals surface area contributed by atoms with Crippen molar-refractivity contribution < 1.29 is 25.2 Å². The van der Waals surface area contributed by atoms with Crippen LogP contribution in [0.4, 0.5) is 0 Å². The molecule has 4 N–H and O–H groups in total. The lowest BCUT2D eigenvalue weighted by Crippen LogP contribution is -2.21. The summed E-state index contributed by atoms with van der Waals surface area (Å²) < 4.78 is 5.08. The van der Waals surface area contributed by atoms with E-state index in [1.165, 1.54) is 13.2 Å².